The molecule has 0 aliphatic heterocycles. The van der Waals surface area contributed by atoms with Gasteiger partial charge in [-0.15, -0.1) is 0 Å². The third kappa shape index (κ3) is 3.68. The number of rotatable bonds is 5. The van der Waals surface area contributed by atoms with Gasteiger partial charge >= 0.3 is 0 Å². The van der Waals surface area contributed by atoms with Crippen LogP contribution in [-0.4, -0.2) is 16.3 Å². The predicted molar refractivity (Wildman–Crippen MR) is 77.5 cm³/mol. The number of nitrogens with zero attached hydrogens (tertiary/aromatic N) is 2. The second-order valence-electron chi connectivity index (χ2n) is 4.50. The summed E-state index contributed by atoms with van der Waals surface area (Å²) in [5.41, 5.74) is 2.58. The van der Waals surface area contributed by atoms with Crippen molar-refractivity contribution in [2.75, 3.05) is 6.54 Å². The molecule has 96 valence electrons. The van der Waals surface area contributed by atoms with E-state index in [2.05, 4.69) is 63.7 Å². The first kappa shape index (κ1) is 13.3. The van der Waals surface area contributed by atoms with Gasteiger partial charge in [-0.05, 0) is 43.1 Å². The zero-order chi connectivity index (χ0) is 13.0. The molecule has 0 amide bonds. The molecule has 3 nitrogen and oxygen atoms in total. The summed E-state index contributed by atoms with van der Waals surface area (Å²) in [4.78, 5) is 0. The van der Waals surface area contributed by atoms with Gasteiger partial charge in [0.1, 0.15) is 0 Å². The lowest BCUT2D eigenvalue weighted by atomic mass is 10.1. The summed E-state index contributed by atoms with van der Waals surface area (Å²) in [5, 5.41) is 7.69. The maximum atomic E-state index is 4.17. The number of hydrogen-bond acceptors (Lipinski definition) is 2. The Labute approximate surface area is 116 Å². The molecule has 1 atom stereocenters. The van der Waals surface area contributed by atoms with Crippen molar-refractivity contribution in [3.05, 3.63) is 52.3 Å². The molecule has 0 aliphatic rings. The van der Waals surface area contributed by atoms with Crippen molar-refractivity contribution in [2.45, 2.75) is 19.4 Å². The SMILES string of the molecule is CC(NCCc1cnn(C)c1)c1ccc(Br)cc1. The van der Waals surface area contributed by atoms with Gasteiger partial charge in [-0.2, -0.15) is 5.10 Å². The average molecular weight is 308 g/mol. The zero-order valence-electron chi connectivity index (χ0n) is 10.7. The molecule has 1 unspecified atom stereocenters. The summed E-state index contributed by atoms with van der Waals surface area (Å²) >= 11 is 3.45. The molecule has 2 rings (SSSR count). The van der Waals surface area contributed by atoms with Gasteiger partial charge in [0.2, 0.25) is 0 Å². The van der Waals surface area contributed by atoms with Gasteiger partial charge in [-0.1, -0.05) is 28.1 Å². The molecule has 1 aromatic carbocycles. The fourth-order valence-electron chi connectivity index (χ4n) is 1.90. The number of halogens is 1. The van der Waals surface area contributed by atoms with Crippen LogP contribution in [0, 0.1) is 0 Å². The molecule has 0 saturated heterocycles. The molecule has 0 bridgehead atoms. The maximum Gasteiger partial charge on any atom is 0.0522 e. The Morgan fingerprint density at radius 3 is 2.67 bits per heavy atom. The highest BCUT2D eigenvalue weighted by Crippen LogP contribution is 2.16. The molecule has 0 fully saturated rings. The molecular weight excluding hydrogens is 290 g/mol. The Hall–Kier alpha value is -1.13. The Morgan fingerprint density at radius 1 is 1.33 bits per heavy atom. The monoisotopic (exact) mass is 307 g/mol. The second-order valence-corrected chi connectivity index (χ2v) is 5.42. The van der Waals surface area contributed by atoms with E-state index >= 15 is 0 Å². The molecule has 4 heteroatoms. The molecule has 0 spiro atoms. The maximum absolute atomic E-state index is 4.17. The summed E-state index contributed by atoms with van der Waals surface area (Å²) < 4.78 is 2.96. The number of nitrogens with one attached hydrogen (secondary N) is 1. The lowest BCUT2D eigenvalue weighted by Gasteiger charge is -2.13. The molecule has 1 heterocycles. The molecule has 1 aromatic heterocycles. The Bertz CT molecular complexity index is 490. The van der Waals surface area contributed by atoms with Crippen molar-refractivity contribution >= 4 is 15.9 Å². The average Bonchev–Trinajstić information content (AvgIpc) is 2.76. The quantitative estimate of drug-likeness (QED) is 0.920. The second kappa shape index (κ2) is 6.16. The van der Waals surface area contributed by atoms with Crippen LogP contribution in [0.15, 0.2) is 41.1 Å². The first-order valence-corrected chi connectivity index (χ1v) is 6.91. The van der Waals surface area contributed by atoms with Gasteiger partial charge in [-0.25, -0.2) is 0 Å². The highest BCUT2D eigenvalue weighted by Gasteiger charge is 2.04. The summed E-state index contributed by atoms with van der Waals surface area (Å²) in [6, 6.07) is 8.82. The van der Waals surface area contributed by atoms with Crippen molar-refractivity contribution < 1.29 is 0 Å². The normalized spacial score (nSPS) is 12.6. The van der Waals surface area contributed by atoms with E-state index in [1.165, 1.54) is 11.1 Å². The van der Waals surface area contributed by atoms with Gasteiger partial charge in [0.15, 0.2) is 0 Å². The third-order valence-electron chi connectivity index (χ3n) is 2.99. The topological polar surface area (TPSA) is 29.9 Å². The van der Waals surface area contributed by atoms with Crippen molar-refractivity contribution in [3.8, 4) is 0 Å². The van der Waals surface area contributed by atoms with Gasteiger partial charge in [0.25, 0.3) is 0 Å². The summed E-state index contributed by atoms with van der Waals surface area (Å²) in [5.74, 6) is 0. The molecule has 0 aliphatic carbocycles. The molecule has 0 radical (unpaired) electrons. The fourth-order valence-corrected chi connectivity index (χ4v) is 2.17. The van der Waals surface area contributed by atoms with Crippen molar-refractivity contribution in [1.82, 2.24) is 15.1 Å². The minimum absolute atomic E-state index is 0.370. The van der Waals surface area contributed by atoms with Crippen LogP contribution >= 0.6 is 15.9 Å². The summed E-state index contributed by atoms with van der Waals surface area (Å²) in [6.07, 6.45) is 4.99. The lowest BCUT2D eigenvalue weighted by molar-refractivity contribution is 0.576. The standard InChI is InChI=1S/C14H18BrN3/c1-11(13-3-5-14(15)6-4-13)16-8-7-12-9-17-18(2)10-12/h3-6,9-11,16H,7-8H2,1-2H3. The molecular formula is C14H18BrN3. The number of aryl methyl sites for hydroxylation is 1. The van der Waals surface area contributed by atoms with E-state index in [-0.39, 0.29) is 0 Å². The minimum atomic E-state index is 0.370. The lowest BCUT2D eigenvalue weighted by Crippen LogP contribution is -2.21. The van der Waals surface area contributed by atoms with Crippen molar-refractivity contribution in [2.24, 2.45) is 7.05 Å². The summed E-state index contributed by atoms with van der Waals surface area (Å²) in [7, 11) is 1.95. The molecule has 0 saturated carbocycles. The van der Waals surface area contributed by atoms with Crippen LogP contribution in [0.2, 0.25) is 0 Å². The van der Waals surface area contributed by atoms with E-state index in [0.717, 1.165) is 17.4 Å². The van der Waals surface area contributed by atoms with Gasteiger partial charge < -0.3 is 5.32 Å². The van der Waals surface area contributed by atoms with Gasteiger partial charge in [-0.3, -0.25) is 4.68 Å². The largest absolute Gasteiger partial charge is 0.310 e. The van der Waals surface area contributed by atoms with E-state index in [1.807, 2.05) is 17.9 Å². The van der Waals surface area contributed by atoms with Gasteiger partial charge in [0, 0.05) is 23.8 Å². The highest BCUT2D eigenvalue weighted by atomic mass is 79.9. The van der Waals surface area contributed by atoms with Gasteiger partial charge in [0.05, 0.1) is 6.20 Å². The van der Waals surface area contributed by atoms with Crippen LogP contribution < -0.4 is 5.32 Å². The Kier molecular flexibility index (Phi) is 4.55. The minimum Gasteiger partial charge on any atom is -0.310 e. The fraction of sp³-hybridized carbons (Fsp3) is 0.357. The van der Waals surface area contributed by atoms with Crippen LogP contribution in [0.5, 0.6) is 0 Å². The number of hydrogen-bond donors (Lipinski definition) is 1. The van der Waals surface area contributed by atoms with E-state index in [9.17, 15) is 0 Å². The van der Waals surface area contributed by atoms with E-state index < -0.39 is 0 Å². The van der Waals surface area contributed by atoms with E-state index in [0.29, 0.717) is 6.04 Å². The molecule has 2 aromatic rings. The Morgan fingerprint density at radius 2 is 2.06 bits per heavy atom. The van der Waals surface area contributed by atoms with Crippen molar-refractivity contribution in [1.29, 1.82) is 0 Å². The summed E-state index contributed by atoms with van der Waals surface area (Å²) in [6.45, 7) is 3.15. The van der Waals surface area contributed by atoms with Crippen molar-refractivity contribution in [3.63, 3.8) is 0 Å². The Balaban J connectivity index is 1.81. The van der Waals surface area contributed by atoms with Crippen LogP contribution in [0.1, 0.15) is 24.1 Å². The number of benzene rings is 1. The molecule has 18 heavy (non-hydrogen) atoms. The van der Waals surface area contributed by atoms with Crippen LogP contribution in [-0.2, 0) is 13.5 Å². The van der Waals surface area contributed by atoms with E-state index in [1.54, 1.807) is 0 Å². The smallest absolute Gasteiger partial charge is 0.0522 e. The first-order chi connectivity index (χ1) is 8.65. The highest BCUT2D eigenvalue weighted by molar-refractivity contribution is 9.10. The zero-order valence-corrected chi connectivity index (χ0v) is 12.3. The van der Waals surface area contributed by atoms with Crippen LogP contribution in [0.3, 0.4) is 0 Å². The van der Waals surface area contributed by atoms with Crippen LogP contribution in [0.4, 0.5) is 0 Å². The molecule has 1 N–H and O–H groups in total. The predicted octanol–water partition coefficient (Wildman–Crippen LogP) is 3.08. The van der Waals surface area contributed by atoms with Crippen LogP contribution in [0.25, 0.3) is 0 Å². The number of aromatic nitrogens is 2. The third-order valence-corrected chi connectivity index (χ3v) is 3.52. The first-order valence-electron chi connectivity index (χ1n) is 6.11. The van der Waals surface area contributed by atoms with E-state index in [4.69, 9.17) is 0 Å².